The van der Waals surface area contributed by atoms with E-state index in [9.17, 15) is 30.0 Å². The average molecular weight is 778 g/mol. The number of nitrogens with zero attached hydrogens (tertiary/aromatic N) is 5. The van der Waals surface area contributed by atoms with E-state index < -0.39 is 78.6 Å². The molecule has 4 heterocycles. The number of aryl methyl sites for hydroxylation is 1. The van der Waals surface area contributed by atoms with Gasteiger partial charge in [0.2, 0.25) is 0 Å². The van der Waals surface area contributed by atoms with E-state index in [4.69, 9.17) is 19.2 Å². The van der Waals surface area contributed by atoms with Crippen molar-refractivity contribution >= 4 is 22.7 Å². The lowest BCUT2D eigenvalue weighted by atomic mass is 9.79. The molecule has 3 aromatic rings. The summed E-state index contributed by atoms with van der Waals surface area (Å²) in [5.74, 6) is -2.90. The van der Waals surface area contributed by atoms with Crippen LogP contribution in [0.15, 0.2) is 66.4 Å². The Bertz CT molecular complexity index is 1830. The van der Waals surface area contributed by atoms with Crippen LogP contribution in [-0.2, 0) is 30.3 Å². The first-order valence-corrected chi connectivity index (χ1v) is 19.7. The van der Waals surface area contributed by atoms with Gasteiger partial charge in [-0.05, 0) is 71.3 Å². The van der Waals surface area contributed by atoms with Crippen molar-refractivity contribution in [2.24, 2.45) is 23.7 Å². The molecule has 14 nitrogen and oxygen atoms in total. The summed E-state index contributed by atoms with van der Waals surface area (Å²) in [6.07, 6.45) is 0.716. The first-order chi connectivity index (χ1) is 26.7. The van der Waals surface area contributed by atoms with Crippen LogP contribution in [0.1, 0.15) is 60.3 Å². The number of ether oxygens (including phenoxy) is 3. The lowest BCUT2D eigenvalue weighted by molar-refractivity contribution is -0.304. The Balaban J connectivity index is 1.50. The average Bonchev–Trinajstić information content (AvgIpc) is 3.66. The topological polar surface area (TPSA) is 190 Å². The third kappa shape index (κ3) is 10.5. The highest BCUT2D eigenvalue weighted by Gasteiger charge is 2.47. The molecule has 2 unspecified atom stereocenters. The van der Waals surface area contributed by atoms with Gasteiger partial charge in [-0.2, -0.15) is 0 Å². The Morgan fingerprint density at radius 1 is 1.00 bits per heavy atom. The number of pyridine rings is 1. The second-order valence-electron chi connectivity index (χ2n) is 15.7. The van der Waals surface area contributed by atoms with Crippen LogP contribution in [0.5, 0.6) is 0 Å². The van der Waals surface area contributed by atoms with Gasteiger partial charge >= 0.3 is 5.97 Å². The van der Waals surface area contributed by atoms with E-state index in [0.29, 0.717) is 37.2 Å². The number of rotatable bonds is 9. The normalized spacial score (nSPS) is 34.2. The Morgan fingerprint density at radius 2 is 1.75 bits per heavy atom. The number of likely N-dealkylation sites (N-methyl/N-ethyl adjacent to an activating group) is 1. The van der Waals surface area contributed by atoms with Crippen LogP contribution in [0.4, 0.5) is 0 Å². The number of carbonyl (C=O) groups is 2. The molecule has 12 atom stereocenters. The van der Waals surface area contributed by atoms with Gasteiger partial charge in [-0.15, -0.1) is 5.10 Å². The number of carbonyl (C=O) groups excluding carboxylic acids is 2. The van der Waals surface area contributed by atoms with Crippen molar-refractivity contribution in [1.29, 1.82) is 0 Å². The predicted molar refractivity (Wildman–Crippen MR) is 210 cm³/mol. The van der Waals surface area contributed by atoms with Crippen molar-refractivity contribution in [3.63, 3.8) is 0 Å². The maximum atomic E-state index is 13.7. The molecule has 0 saturated carbocycles. The van der Waals surface area contributed by atoms with E-state index in [1.54, 1.807) is 49.7 Å². The van der Waals surface area contributed by atoms with Crippen LogP contribution in [0, 0.1) is 23.7 Å². The summed E-state index contributed by atoms with van der Waals surface area (Å²) in [5, 5.41) is 54.1. The third-order valence-corrected chi connectivity index (χ3v) is 11.3. The van der Waals surface area contributed by atoms with Crippen LogP contribution >= 0.6 is 0 Å². The van der Waals surface area contributed by atoms with E-state index in [0.717, 1.165) is 16.5 Å². The Labute approximate surface area is 329 Å². The highest BCUT2D eigenvalue weighted by molar-refractivity contribution is 5.91. The number of benzene rings is 1. The fourth-order valence-electron chi connectivity index (χ4n) is 7.89. The van der Waals surface area contributed by atoms with Gasteiger partial charge in [-0.25, -0.2) is 4.98 Å². The molecule has 0 radical (unpaired) electrons. The van der Waals surface area contributed by atoms with Gasteiger partial charge in [-0.3, -0.25) is 14.3 Å². The number of fused-ring (bicyclic) bond motifs is 1. The molecule has 1 aromatic carbocycles. The maximum absolute atomic E-state index is 13.7. The molecule has 0 aliphatic carbocycles. The van der Waals surface area contributed by atoms with Crippen LogP contribution in [0.2, 0.25) is 0 Å². The predicted octanol–water partition coefficient (Wildman–Crippen LogP) is 3.71. The molecule has 2 aliphatic heterocycles. The summed E-state index contributed by atoms with van der Waals surface area (Å²) in [4.78, 5) is 33.5. The minimum absolute atomic E-state index is 0.121. The molecule has 0 bridgehead atoms. The number of para-hydroxylation sites is 1. The summed E-state index contributed by atoms with van der Waals surface area (Å²) in [5.41, 5.74) is 2.83. The Hall–Kier alpha value is -3.89. The zero-order valence-corrected chi connectivity index (χ0v) is 33.5. The molecule has 2 aromatic heterocycles. The number of aliphatic hydroxyl groups is 4. The van der Waals surface area contributed by atoms with Gasteiger partial charge in [0.1, 0.15) is 17.9 Å². The van der Waals surface area contributed by atoms with E-state index >= 15 is 0 Å². The molecule has 1 saturated heterocycles. The second kappa shape index (κ2) is 19.5. The number of allylic oxidation sites excluding steroid dienone is 3. The lowest BCUT2D eigenvalue weighted by Gasteiger charge is -2.46. The molecule has 0 spiro atoms. The lowest BCUT2D eigenvalue weighted by Crippen LogP contribution is -2.63. The van der Waals surface area contributed by atoms with E-state index in [2.05, 4.69) is 10.3 Å². The summed E-state index contributed by atoms with van der Waals surface area (Å²) in [6.45, 7) is 9.07. The highest BCUT2D eigenvalue weighted by Crippen LogP contribution is 2.35. The van der Waals surface area contributed by atoms with Crippen molar-refractivity contribution < 1.29 is 44.2 Å². The minimum Gasteiger partial charge on any atom is -0.462 e. The maximum Gasteiger partial charge on any atom is 0.308 e. The minimum atomic E-state index is -1.27. The van der Waals surface area contributed by atoms with Gasteiger partial charge in [0, 0.05) is 29.7 Å². The summed E-state index contributed by atoms with van der Waals surface area (Å²) in [7, 11) is 3.50. The van der Waals surface area contributed by atoms with Crippen LogP contribution < -0.4 is 0 Å². The zero-order chi connectivity index (χ0) is 40.7. The van der Waals surface area contributed by atoms with Gasteiger partial charge in [0.05, 0.1) is 60.9 Å². The second-order valence-corrected chi connectivity index (χ2v) is 15.7. The van der Waals surface area contributed by atoms with E-state index in [1.165, 1.54) is 6.08 Å². The summed E-state index contributed by atoms with van der Waals surface area (Å²) >= 11 is 0. The molecule has 56 heavy (non-hydrogen) atoms. The fourth-order valence-corrected chi connectivity index (χ4v) is 7.89. The highest BCUT2D eigenvalue weighted by atomic mass is 16.7. The number of cyclic esters (lactones) is 1. The standard InChI is InChI=1S/C42H59N5O9/c1-8-36-30(23-48)19-24(2)13-16-34(49)25(3)20-29(17-18-47-22-33(44-45-47)32-15-14-28-11-9-10-12-31(28)43-32)41(26(4)35(50)21-37(51)55-36)56-42-40(53)38(46(6)7)39(52)27(5)54-42/h9-16,19,22,25-27,29-30,35-36,38-42,48,50,52-53H,8,17-18,20-21,23H2,1-7H3/b16-13+,24-19+/t25-,26+,27-,29+,30-,35-,36-,38?,39-,40?,41-,42+/m1/s1. The number of esters is 1. The van der Waals surface area contributed by atoms with Crippen LogP contribution in [0.3, 0.4) is 0 Å². The van der Waals surface area contributed by atoms with Crippen molar-refractivity contribution in [2.45, 2.75) is 116 Å². The van der Waals surface area contributed by atoms with Crippen molar-refractivity contribution in [2.75, 3.05) is 20.7 Å². The molecule has 4 N–H and O–H groups in total. The van der Waals surface area contributed by atoms with Gasteiger partial charge in [-0.1, -0.05) is 68.0 Å². The molecule has 14 heteroatoms. The molecule has 2 aliphatic rings. The van der Waals surface area contributed by atoms with Crippen molar-refractivity contribution in [1.82, 2.24) is 24.9 Å². The fraction of sp³-hybridized carbons (Fsp3) is 0.595. The van der Waals surface area contributed by atoms with Crippen LogP contribution in [0.25, 0.3) is 22.3 Å². The molecule has 306 valence electrons. The summed E-state index contributed by atoms with van der Waals surface area (Å²) in [6, 6.07) is 11.0. The zero-order valence-electron chi connectivity index (χ0n) is 33.5. The van der Waals surface area contributed by atoms with Crippen LogP contribution in [-0.4, -0.2) is 127 Å². The number of hydrogen-bond acceptors (Lipinski definition) is 13. The molecule has 5 rings (SSSR count). The largest absolute Gasteiger partial charge is 0.462 e. The van der Waals surface area contributed by atoms with Gasteiger partial charge in [0.15, 0.2) is 12.1 Å². The smallest absolute Gasteiger partial charge is 0.308 e. The molecular weight excluding hydrogens is 718 g/mol. The Morgan fingerprint density at radius 3 is 2.46 bits per heavy atom. The SMILES string of the molecule is CC[C@H]1OC(=O)C[C@@H](O)[C@H](C)[C@@H](O[C@@H]2O[C@H](C)[C@@H](O)C(N(C)C)C2O)[C@@H](CCn2cc(-c3ccc4ccccc4n3)nn2)C[C@@H](C)C(=O)/C=C/C(C)=C/[C@@H]1CO. The van der Waals surface area contributed by atoms with Crippen molar-refractivity contribution in [3.8, 4) is 11.4 Å². The van der Waals surface area contributed by atoms with Gasteiger partial charge < -0.3 is 39.5 Å². The van der Waals surface area contributed by atoms with Crippen molar-refractivity contribution in [3.05, 3.63) is 66.4 Å². The first kappa shape index (κ1) is 43.2. The molecule has 0 amide bonds. The van der Waals surface area contributed by atoms with E-state index in [-0.39, 0.29) is 18.8 Å². The quantitative estimate of drug-likeness (QED) is 0.231. The van der Waals surface area contributed by atoms with E-state index in [1.807, 2.05) is 63.4 Å². The number of aromatic nitrogens is 4. The van der Waals surface area contributed by atoms with Gasteiger partial charge in [0.25, 0.3) is 0 Å². The monoisotopic (exact) mass is 777 g/mol. The third-order valence-electron chi connectivity index (χ3n) is 11.3. The first-order valence-electron chi connectivity index (χ1n) is 19.7. The Kier molecular flexibility index (Phi) is 15.1. The number of hydrogen-bond donors (Lipinski definition) is 4. The number of aliphatic hydroxyl groups excluding tert-OH is 4. The molecular formula is C42H59N5O9. The molecule has 1 fully saturated rings. The summed E-state index contributed by atoms with van der Waals surface area (Å²) < 4.78 is 20.3. The number of ketones is 1.